The van der Waals surface area contributed by atoms with Crippen LogP contribution in [0.3, 0.4) is 0 Å². The van der Waals surface area contributed by atoms with E-state index in [1.54, 1.807) is 5.57 Å². The summed E-state index contributed by atoms with van der Waals surface area (Å²) >= 11 is 0. The zero-order chi connectivity index (χ0) is 12.4. The second kappa shape index (κ2) is 5.31. The van der Waals surface area contributed by atoms with Crippen LogP contribution in [0.25, 0.3) is 0 Å². The van der Waals surface area contributed by atoms with Gasteiger partial charge in [-0.05, 0) is 57.4 Å². The van der Waals surface area contributed by atoms with Crippen molar-refractivity contribution in [3.63, 3.8) is 0 Å². The molecule has 1 N–H and O–H groups in total. The van der Waals surface area contributed by atoms with Gasteiger partial charge in [0.2, 0.25) is 0 Å². The molecule has 1 aromatic rings. The van der Waals surface area contributed by atoms with Crippen molar-refractivity contribution in [3.05, 3.63) is 35.2 Å². The van der Waals surface area contributed by atoms with Crippen LogP contribution in [-0.2, 0) is 13.0 Å². The van der Waals surface area contributed by atoms with E-state index in [0.717, 1.165) is 25.8 Å². The van der Waals surface area contributed by atoms with Crippen molar-refractivity contribution >= 4 is 0 Å². The third-order valence-corrected chi connectivity index (χ3v) is 4.42. The van der Waals surface area contributed by atoms with Crippen LogP contribution < -0.4 is 0 Å². The van der Waals surface area contributed by atoms with E-state index < -0.39 is 0 Å². The molecule has 98 valence electrons. The molecule has 2 heteroatoms. The minimum Gasteiger partial charge on any atom is -0.388 e. The van der Waals surface area contributed by atoms with Crippen molar-refractivity contribution in [1.29, 1.82) is 0 Å². The van der Waals surface area contributed by atoms with Crippen LogP contribution in [0.15, 0.2) is 23.9 Å². The second-order valence-corrected chi connectivity index (χ2v) is 5.68. The lowest BCUT2D eigenvalue weighted by atomic mass is 9.95. The van der Waals surface area contributed by atoms with Crippen LogP contribution in [0.1, 0.15) is 62.3 Å². The summed E-state index contributed by atoms with van der Waals surface area (Å²) in [4.78, 5) is 0. The molecule has 1 unspecified atom stereocenters. The summed E-state index contributed by atoms with van der Waals surface area (Å²) in [6.07, 6.45) is 14.1. The molecule has 2 aliphatic rings. The molecule has 0 spiro atoms. The standard InChI is InChI=1S/C16H23NO/c18-16-8-4-7-15-14(16)10-12-17(15)11-9-13-5-2-1-3-6-13/h5,10,12,16,18H,1-4,6-9,11H2. The van der Waals surface area contributed by atoms with Crippen LogP contribution >= 0.6 is 0 Å². The van der Waals surface area contributed by atoms with Crippen molar-refractivity contribution in [2.45, 2.75) is 64.0 Å². The summed E-state index contributed by atoms with van der Waals surface area (Å²) in [5, 5.41) is 9.97. The van der Waals surface area contributed by atoms with E-state index in [1.165, 1.54) is 43.4 Å². The van der Waals surface area contributed by atoms with Crippen molar-refractivity contribution < 1.29 is 5.11 Å². The number of nitrogens with zero attached hydrogens (tertiary/aromatic N) is 1. The Hall–Kier alpha value is -1.02. The van der Waals surface area contributed by atoms with Crippen molar-refractivity contribution in [1.82, 2.24) is 4.57 Å². The van der Waals surface area contributed by atoms with E-state index in [-0.39, 0.29) is 6.10 Å². The number of aromatic nitrogens is 1. The summed E-state index contributed by atoms with van der Waals surface area (Å²) < 4.78 is 2.37. The molecule has 1 heterocycles. The number of aliphatic hydroxyl groups excluding tert-OH is 1. The molecule has 0 amide bonds. The van der Waals surface area contributed by atoms with Gasteiger partial charge in [-0.15, -0.1) is 0 Å². The lowest BCUT2D eigenvalue weighted by Gasteiger charge is -2.20. The van der Waals surface area contributed by atoms with E-state index >= 15 is 0 Å². The van der Waals surface area contributed by atoms with Crippen LogP contribution in [0.2, 0.25) is 0 Å². The van der Waals surface area contributed by atoms with E-state index in [2.05, 4.69) is 22.9 Å². The SMILES string of the molecule is OC1CCCc2c1ccn2CCC1=CCCCC1. The third kappa shape index (κ3) is 2.39. The van der Waals surface area contributed by atoms with Crippen LogP contribution in [0.5, 0.6) is 0 Å². The fraction of sp³-hybridized carbons (Fsp3) is 0.625. The first-order chi connectivity index (χ1) is 8.84. The highest BCUT2D eigenvalue weighted by molar-refractivity contribution is 5.27. The molecule has 0 aromatic carbocycles. The summed E-state index contributed by atoms with van der Waals surface area (Å²) in [7, 11) is 0. The molecule has 0 saturated carbocycles. The van der Waals surface area contributed by atoms with Gasteiger partial charge in [-0.2, -0.15) is 0 Å². The Labute approximate surface area is 109 Å². The highest BCUT2D eigenvalue weighted by Gasteiger charge is 2.20. The lowest BCUT2D eigenvalue weighted by Crippen LogP contribution is -2.12. The van der Waals surface area contributed by atoms with Gasteiger partial charge in [-0.1, -0.05) is 11.6 Å². The van der Waals surface area contributed by atoms with Crippen molar-refractivity contribution in [3.8, 4) is 0 Å². The monoisotopic (exact) mass is 245 g/mol. The summed E-state index contributed by atoms with van der Waals surface area (Å²) in [5.74, 6) is 0. The van der Waals surface area contributed by atoms with Crippen molar-refractivity contribution in [2.75, 3.05) is 0 Å². The largest absolute Gasteiger partial charge is 0.388 e. The van der Waals surface area contributed by atoms with Crippen LogP contribution in [-0.4, -0.2) is 9.67 Å². The summed E-state index contributed by atoms with van der Waals surface area (Å²) in [5.41, 5.74) is 4.20. The topological polar surface area (TPSA) is 25.2 Å². The smallest absolute Gasteiger partial charge is 0.0807 e. The van der Waals surface area contributed by atoms with Crippen LogP contribution in [0.4, 0.5) is 0 Å². The number of aryl methyl sites for hydroxylation is 1. The van der Waals surface area contributed by atoms with Gasteiger partial charge in [-0.25, -0.2) is 0 Å². The highest BCUT2D eigenvalue weighted by atomic mass is 16.3. The second-order valence-electron chi connectivity index (χ2n) is 5.68. The lowest BCUT2D eigenvalue weighted by molar-refractivity contribution is 0.155. The first-order valence-electron chi connectivity index (χ1n) is 7.38. The van der Waals surface area contributed by atoms with Gasteiger partial charge in [0.1, 0.15) is 0 Å². The zero-order valence-electron chi connectivity index (χ0n) is 11.1. The quantitative estimate of drug-likeness (QED) is 0.806. The predicted octanol–water partition coefficient (Wildman–Crippen LogP) is 3.75. The Balaban J connectivity index is 1.68. The number of rotatable bonds is 3. The number of hydrogen-bond acceptors (Lipinski definition) is 1. The first kappa shape index (κ1) is 12.0. The molecule has 18 heavy (non-hydrogen) atoms. The predicted molar refractivity (Wildman–Crippen MR) is 73.5 cm³/mol. The molecule has 0 fully saturated rings. The molecule has 0 saturated heterocycles. The minimum atomic E-state index is -0.219. The molecular formula is C16H23NO. The zero-order valence-corrected chi connectivity index (χ0v) is 11.1. The van der Waals surface area contributed by atoms with Crippen molar-refractivity contribution in [2.24, 2.45) is 0 Å². The molecule has 0 bridgehead atoms. The molecule has 0 aliphatic heterocycles. The maximum atomic E-state index is 9.97. The maximum absolute atomic E-state index is 9.97. The molecule has 1 aromatic heterocycles. The highest BCUT2D eigenvalue weighted by Crippen LogP contribution is 2.31. The minimum absolute atomic E-state index is 0.219. The Kier molecular flexibility index (Phi) is 3.55. The van der Waals surface area contributed by atoms with Gasteiger partial charge in [0.25, 0.3) is 0 Å². The molecule has 1 atom stereocenters. The Morgan fingerprint density at radius 3 is 3.00 bits per heavy atom. The molecule has 3 rings (SSSR count). The average molecular weight is 245 g/mol. The van der Waals surface area contributed by atoms with Gasteiger partial charge in [0.15, 0.2) is 0 Å². The van der Waals surface area contributed by atoms with Crippen LogP contribution in [0, 0.1) is 0 Å². The molecule has 2 aliphatic carbocycles. The fourth-order valence-corrected chi connectivity index (χ4v) is 3.34. The third-order valence-electron chi connectivity index (χ3n) is 4.42. The van der Waals surface area contributed by atoms with Gasteiger partial charge in [0, 0.05) is 24.0 Å². The van der Waals surface area contributed by atoms with Gasteiger partial charge in [0.05, 0.1) is 6.10 Å². The van der Waals surface area contributed by atoms with Gasteiger partial charge >= 0.3 is 0 Å². The number of fused-ring (bicyclic) bond motifs is 1. The maximum Gasteiger partial charge on any atom is 0.0807 e. The molecular weight excluding hydrogens is 222 g/mol. The number of hydrogen-bond donors (Lipinski definition) is 1. The normalized spacial score (nSPS) is 23.6. The summed E-state index contributed by atoms with van der Waals surface area (Å²) in [6, 6.07) is 2.12. The Morgan fingerprint density at radius 2 is 2.17 bits per heavy atom. The molecule has 2 nitrogen and oxygen atoms in total. The van der Waals surface area contributed by atoms with E-state index in [9.17, 15) is 5.11 Å². The van der Waals surface area contributed by atoms with E-state index in [4.69, 9.17) is 0 Å². The Morgan fingerprint density at radius 1 is 1.22 bits per heavy atom. The molecule has 0 radical (unpaired) electrons. The Bertz CT molecular complexity index is 444. The number of aliphatic hydroxyl groups is 1. The number of allylic oxidation sites excluding steroid dienone is 2. The van der Waals surface area contributed by atoms with Gasteiger partial charge in [-0.3, -0.25) is 0 Å². The van der Waals surface area contributed by atoms with E-state index in [0.29, 0.717) is 0 Å². The van der Waals surface area contributed by atoms with Gasteiger partial charge < -0.3 is 9.67 Å². The first-order valence-corrected chi connectivity index (χ1v) is 7.38. The average Bonchev–Trinajstić information content (AvgIpc) is 2.82. The fourth-order valence-electron chi connectivity index (χ4n) is 3.34. The summed E-state index contributed by atoms with van der Waals surface area (Å²) in [6.45, 7) is 1.09. The van der Waals surface area contributed by atoms with E-state index in [1.807, 2.05) is 0 Å².